The second kappa shape index (κ2) is 6.78. The minimum Gasteiger partial charge on any atom is -0.378 e. The van der Waals surface area contributed by atoms with Gasteiger partial charge in [-0.15, -0.1) is 0 Å². The highest BCUT2D eigenvalue weighted by Gasteiger charge is 2.21. The lowest BCUT2D eigenvalue weighted by molar-refractivity contribution is 0.123. The summed E-state index contributed by atoms with van der Waals surface area (Å²) in [7, 11) is -3.66. The van der Waals surface area contributed by atoms with Crippen molar-refractivity contribution in [1.29, 1.82) is 0 Å². The van der Waals surface area contributed by atoms with Crippen molar-refractivity contribution in [3.05, 3.63) is 53.6 Å². The van der Waals surface area contributed by atoms with Gasteiger partial charge in [0.25, 0.3) is 10.0 Å². The molecule has 2 aromatic rings. The number of nitrogens with one attached hydrogen (secondary N) is 1. The minimum absolute atomic E-state index is 0.216. The summed E-state index contributed by atoms with van der Waals surface area (Å²) in [5.74, 6) is 0. The van der Waals surface area contributed by atoms with E-state index in [1.165, 1.54) is 0 Å². The van der Waals surface area contributed by atoms with E-state index in [2.05, 4.69) is 4.72 Å². The third-order valence-corrected chi connectivity index (χ3v) is 5.30. The predicted molar refractivity (Wildman–Crippen MR) is 91.7 cm³/mol. The Kier molecular flexibility index (Phi) is 4.75. The Labute approximate surface area is 140 Å². The molecule has 0 saturated carbocycles. The lowest BCUT2D eigenvalue weighted by Gasteiger charge is -2.31. The molecule has 23 heavy (non-hydrogen) atoms. The zero-order valence-corrected chi connectivity index (χ0v) is 14.0. The lowest BCUT2D eigenvalue weighted by Crippen LogP contribution is -2.37. The Morgan fingerprint density at radius 2 is 1.70 bits per heavy atom. The molecular formula is C16H17ClN2O3S. The van der Waals surface area contributed by atoms with Crippen molar-refractivity contribution in [3.63, 3.8) is 0 Å². The summed E-state index contributed by atoms with van der Waals surface area (Å²) in [6.07, 6.45) is 0. The summed E-state index contributed by atoms with van der Waals surface area (Å²) in [6, 6.07) is 13.5. The molecule has 7 heteroatoms. The average Bonchev–Trinajstić information content (AvgIpc) is 2.56. The third-order valence-electron chi connectivity index (χ3n) is 3.61. The van der Waals surface area contributed by atoms with Gasteiger partial charge in [-0.25, -0.2) is 8.42 Å². The van der Waals surface area contributed by atoms with Crippen LogP contribution in [0.25, 0.3) is 0 Å². The first-order chi connectivity index (χ1) is 11.1. The van der Waals surface area contributed by atoms with Gasteiger partial charge in [0.2, 0.25) is 0 Å². The molecule has 0 radical (unpaired) electrons. The Morgan fingerprint density at radius 3 is 2.39 bits per heavy atom. The van der Waals surface area contributed by atoms with Crippen molar-refractivity contribution in [1.82, 2.24) is 0 Å². The largest absolute Gasteiger partial charge is 0.378 e. The van der Waals surface area contributed by atoms with Crippen LogP contribution in [0.5, 0.6) is 0 Å². The van der Waals surface area contributed by atoms with Gasteiger partial charge in [-0.05, 0) is 24.3 Å². The number of nitrogens with zero attached hydrogens (tertiary/aromatic N) is 1. The van der Waals surface area contributed by atoms with Crippen LogP contribution in [0.15, 0.2) is 53.4 Å². The molecule has 0 bridgehead atoms. The van der Waals surface area contributed by atoms with Crippen LogP contribution in [0.4, 0.5) is 11.4 Å². The van der Waals surface area contributed by atoms with E-state index in [1.807, 2.05) is 4.90 Å². The minimum atomic E-state index is -3.66. The summed E-state index contributed by atoms with van der Waals surface area (Å²) >= 11 is 6.32. The lowest BCUT2D eigenvalue weighted by atomic mass is 10.2. The number of sulfonamides is 1. The van der Waals surface area contributed by atoms with Crippen LogP contribution in [0.2, 0.25) is 5.02 Å². The molecule has 1 heterocycles. The smallest absolute Gasteiger partial charge is 0.261 e. The molecule has 1 aliphatic heterocycles. The molecule has 1 aliphatic rings. The fraction of sp³-hybridized carbons (Fsp3) is 0.250. The van der Waals surface area contributed by atoms with Crippen molar-refractivity contribution in [2.75, 3.05) is 35.9 Å². The zero-order valence-electron chi connectivity index (χ0n) is 12.4. The molecule has 1 fully saturated rings. The van der Waals surface area contributed by atoms with E-state index >= 15 is 0 Å². The van der Waals surface area contributed by atoms with Crippen LogP contribution in [0, 0.1) is 0 Å². The first-order valence-corrected chi connectivity index (χ1v) is 9.13. The van der Waals surface area contributed by atoms with Crippen molar-refractivity contribution in [3.8, 4) is 0 Å². The molecule has 2 aromatic carbocycles. The Morgan fingerprint density at radius 1 is 1.00 bits per heavy atom. The summed E-state index contributed by atoms with van der Waals surface area (Å²) in [4.78, 5) is 2.25. The van der Waals surface area contributed by atoms with E-state index in [1.54, 1.807) is 48.5 Å². The first-order valence-electron chi connectivity index (χ1n) is 7.27. The second-order valence-electron chi connectivity index (χ2n) is 5.15. The molecule has 5 nitrogen and oxygen atoms in total. The van der Waals surface area contributed by atoms with Gasteiger partial charge in [-0.2, -0.15) is 0 Å². The third kappa shape index (κ3) is 3.60. The predicted octanol–water partition coefficient (Wildman–Crippen LogP) is 2.98. The summed E-state index contributed by atoms with van der Waals surface area (Å²) in [5.41, 5.74) is 1.17. The quantitative estimate of drug-likeness (QED) is 0.919. The number of hydrogen-bond acceptors (Lipinski definition) is 4. The van der Waals surface area contributed by atoms with Gasteiger partial charge in [0, 0.05) is 13.1 Å². The molecular weight excluding hydrogens is 336 g/mol. The van der Waals surface area contributed by atoms with Gasteiger partial charge < -0.3 is 9.64 Å². The van der Waals surface area contributed by atoms with Gasteiger partial charge in [-0.1, -0.05) is 35.9 Å². The highest BCUT2D eigenvalue weighted by molar-refractivity contribution is 7.92. The van der Waals surface area contributed by atoms with Crippen molar-refractivity contribution >= 4 is 33.0 Å². The molecule has 0 atom stereocenters. The Bertz CT molecular complexity index is 775. The van der Waals surface area contributed by atoms with E-state index < -0.39 is 10.0 Å². The maximum absolute atomic E-state index is 12.6. The van der Waals surface area contributed by atoms with Crippen LogP contribution in [-0.2, 0) is 14.8 Å². The Hall–Kier alpha value is -1.76. The second-order valence-corrected chi connectivity index (χ2v) is 7.24. The summed E-state index contributed by atoms with van der Waals surface area (Å²) in [6.45, 7) is 2.53. The first kappa shape index (κ1) is 16.1. The van der Waals surface area contributed by atoms with Gasteiger partial charge in [0.15, 0.2) is 0 Å². The molecule has 0 spiro atoms. The van der Waals surface area contributed by atoms with E-state index in [-0.39, 0.29) is 4.90 Å². The molecule has 0 unspecified atom stereocenters. The number of para-hydroxylation sites is 1. The number of benzene rings is 2. The molecule has 3 rings (SSSR count). The van der Waals surface area contributed by atoms with Crippen molar-refractivity contribution in [2.24, 2.45) is 0 Å². The number of hydrogen-bond donors (Lipinski definition) is 1. The van der Waals surface area contributed by atoms with Crippen LogP contribution < -0.4 is 9.62 Å². The standard InChI is InChI=1S/C16H17ClN2O3S/c17-14-7-4-8-15(16(14)19-9-11-22-12-10-19)18-23(20,21)13-5-2-1-3-6-13/h1-8,18H,9-12H2. The molecule has 1 saturated heterocycles. The summed E-state index contributed by atoms with van der Waals surface area (Å²) in [5, 5.41) is 0.514. The zero-order chi connectivity index (χ0) is 16.3. The average molecular weight is 353 g/mol. The molecule has 0 aromatic heterocycles. The summed E-state index contributed by atoms with van der Waals surface area (Å²) < 4.78 is 33.1. The van der Waals surface area contributed by atoms with Gasteiger partial charge in [0.05, 0.1) is 34.5 Å². The molecule has 122 valence electrons. The fourth-order valence-corrected chi connectivity index (χ4v) is 3.89. The number of ether oxygens (including phenoxy) is 1. The maximum atomic E-state index is 12.6. The molecule has 0 amide bonds. The Balaban J connectivity index is 1.95. The number of halogens is 1. The van der Waals surface area contributed by atoms with Crippen LogP contribution in [0.3, 0.4) is 0 Å². The van der Waals surface area contributed by atoms with E-state index in [0.29, 0.717) is 42.7 Å². The SMILES string of the molecule is O=S(=O)(Nc1cccc(Cl)c1N1CCOCC1)c1ccccc1. The fourth-order valence-electron chi connectivity index (χ4n) is 2.51. The van der Waals surface area contributed by atoms with Crippen LogP contribution in [0.1, 0.15) is 0 Å². The van der Waals surface area contributed by atoms with Gasteiger partial charge in [-0.3, -0.25) is 4.72 Å². The van der Waals surface area contributed by atoms with Crippen molar-refractivity contribution in [2.45, 2.75) is 4.90 Å². The van der Waals surface area contributed by atoms with Gasteiger partial charge in [0.1, 0.15) is 0 Å². The topological polar surface area (TPSA) is 58.6 Å². The normalized spacial score (nSPS) is 15.4. The van der Waals surface area contributed by atoms with Gasteiger partial charge >= 0.3 is 0 Å². The van der Waals surface area contributed by atoms with Crippen molar-refractivity contribution < 1.29 is 13.2 Å². The molecule has 0 aliphatic carbocycles. The van der Waals surface area contributed by atoms with Crippen LogP contribution >= 0.6 is 11.6 Å². The van der Waals surface area contributed by atoms with E-state index in [0.717, 1.165) is 0 Å². The molecule has 1 N–H and O–H groups in total. The highest BCUT2D eigenvalue weighted by Crippen LogP contribution is 2.35. The maximum Gasteiger partial charge on any atom is 0.261 e. The van der Waals surface area contributed by atoms with Crippen LogP contribution in [-0.4, -0.2) is 34.7 Å². The monoisotopic (exact) mass is 352 g/mol. The number of rotatable bonds is 4. The van der Waals surface area contributed by atoms with E-state index in [4.69, 9.17) is 16.3 Å². The number of anilines is 2. The number of morpholine rings is 1. The van der Waals surface area contributed by atoms with E-state index in [9.17, 15) is 8.42 Å². The highest BCUT2D eigenvalue weighted by atomic mass is 35.5.